The Kier molecular flexibility index (Phi) is 8.23. The maximum atomic E-state index is 13.5. The number of fused-ring (bicyclic) bond motifs is 1. The number of anilines is 1. The molecule has 2 aliphatic rings. The molecule has 0 saturated carbocycles. The number of carbonyl (C=O) groups excluding carboxylic acids is 2. The fourth-order valence-corrected chi connectivity index (χ4v) is 5.64. The smallest absolute Gasteiger partial charge is 0.385 e. The van der Waals surface area contributed by atoms with E-state index in [1.54, 1.807) is 19.2 Å². The van der Waals surface area contributed by atoms with Gasteiger partial charge in [0.25, 0.3) is 5.91 Å². The third-order valence-corrected chi connectivity index (χ3v) is 7.69. The van der Waals surface area contributed by atoms with Gasteiger partial charge in [-0.15, -0.1) is 0 Å². The standard InChI is InChI=1S/C28H34F3N3O3/c1-17-9-10-22(33-26(35)18-6-4-7-20(12-18)28(29,30)31)14-23(17)24-13-19-16-32-21(8-5-11-37-3)15-25(19)34(2)27(24)36/h4,6-7,9-10,12,14,19,21,24-25,32H,5,8,11,13,15-16H2,1-3H3,(H,33,35). The summed E-state index contributed by atoms with van der Waals surface area (Å²) in [4.78, 5) is 28.1. The average Bonchev–Trinajstić information content (AvgIpc) is 2.87. The number of nitrogens with one attached hydrogen (secondary N) is 2. The van der Waals surface area contributed by atoms with Crippen molar-refractivity contribution in [2.75, 3.05) is 32.6 Å². The molecule has 2 aromatic rings. The minimum absolute atomic E-state index is 0.0586. The lowest BCUT2D eigenvalue weighted by Crippen LogP contribution is -2.58. The van der Waals surface area contributed by atoms with Crippen molar-refractivity contribution in [3.8, 4) is 0 Å². The molecule has 6 nitrogen and oxygen atoms in total. The Morgan fingerprint density at radius 1 is 1.19 bits per heavy atom. The number of rotatable bonds is 7. The van der Waals surface area contributed by atoms with Crippen molar-refractivity contribution < 1.29 is 27.5 Å². The average molecular weight is 518 g/mol. The zero-order chi connectivity index (χ0) is 26.7. The minimum Gasteiger partial charge on any atom is -0.385 e. The van der Waals surface area contributed by atoms with Gasteiger partial charge in [0, 0.05) is 50.6 Å². The highest BCUT2D eigenvalue weighted by atomic mass is 19.4. The van der Waals surface area contributed by atoms with Crippen LogP contribution in [0.1, 0.15) is 58.6 Å². The quantitative estimate of drug-likeness (QED) is 0.508. The molecule has 2 fully saturated rings. The number of alkyl halides is 3. The Labute approximate surface area is 215 Å². The number of piperidine rings is 2. The van der Waals surface area contributed by atoms with E-state index in [-0.39, 0.29) is 23.4 Å². The predicted molar refractivity (Wildman–Crippen MR) is 135 cm³/mol. The van der Waals surface area contributed by atoms with Crippen molar-refractivity contribution in [3.05, 3.63) is 64.7 Å². The van der Waals surface area contributed by atoms with Gasteiger partial charge in [0.2, 0.25) is 5.91 Å². The van der Waals surface area contributed by atoms with Gasteiger partial charge in [-0.3, -0.25) is 9.59 Å². The number of amides is 2. The van der Waals surface area contributed by atoms with Gasteiger partial charge in [-0.05, 0) is 80.0 Å². The normalized spacial score (nSPS) is 24.1. The molecular formula is C28H34F3N3O3. The van der Waals surface area contributed by atoms with Crippen LogP contribution < -0.4 is 10.6 Å². The first-order valence-electron chi connectivity index (χ1n) is 12.7. The number of aryl methyl sites for hydroxylation is 1. The molecule has 0 spiro atoms. The number of ether oxygens (including phenoxy) is 1. The summed E-state index contributed by atoms with van der Waals surface area (Å²) in [5, 5.41) is 6.34. The molecule has 0 radical (unpaired) electrons. The van der Waals surface area contributed by atoms with Crippen molar-refractivity contribution in [2.45, 2.75) is 56.8 Å². The Morgan fingerprint density at radius 3 is 2.70 bits per heavy atom. The van der Waals surface area contributed by atoms with Gasteiger partial charge in [0.1, 0.15) is 0 Å². The molecular weight excluding hydrogens is 483 g/mol. The van der Waals surface area contributed by atoms with E-state index in [0.29, 0.717) is 24.1 Å². The van der Waals surface area contributed by atoms with Gasteiger partial charge in [-0.25, -0.2) is 0 Å². The van der Waals surface area contributed by atoms with Gasteiger partial charge in [-0.1, -0.05) is 12.1 Å². The number of halogens is 3. The maximum absolute atomic E-state index is 13.5. The summed E-state index contributed by atoms with van der Waals surface area (Å²) in [5.74, 6) is -0.607. The molecule has 2 amide bonds. The minimum atomic E-state index is -4.53. The number of hydrogen-bond acceptors (Lipinski definition) is 4. The molecule has 200 valence electrons. The number of likely N-dealkylation sites (N-methyl/N-ethyl adjacent to an activating group) is 1. The highest BCUT2D eigenvalue weighted by Gasteiger charge is 2.43. The number of hydrogen-bond donors (Lipinski definition) is 2. The molecule has 2 aromatic carbocycles. The molecule has 37 heavy (non-hydrogen) atoms. The second-order valence-corrected chi connectivity index (χ2v) is 10.1. The molecule has 4 unspecified atom stereocenters. The summed E-state index contributed by atoms with van der Waals surface area (Å²) < 4.78 is 44.4. The monoisotopic (exact) mass is 517 g/mol. The number of nitrogens with zero attached hydrogens (tertiary/aromatic N) is 1. The molecule has 0 aliphatic carbocycles. The van der Waals surface area contributed by atoms with E-state index in [0.717, 1.165) is 55.7 Å². The van der Waals surface area contributed by atoms with Gasteiger partial charge in [0.15, 0.2) is 0 Å². The van der Waals surface area contributed by atoms with Crippen molar-refractivity contribution in [3.63, 3.8) is 0 Å². The molecule has 2 aliphatic heterocycles. The van der Waals surface area contributed by atoms with Crippen molar-refractivity contribution in [2.24, 2.45) is 5.92 Å². The van der Waals surface area contributed by atoms with E-state index < -0.39 is 17.6 Å². The summed E-state index contributed by atoms with van der Waals surface area (Å²) in [5.41, 5.74) is 1.25. The number of likely N-dealkylation sites (tertiary alicyclic amines) is 1. The Balaban J connectivity index is 1.48. The molecule has 2 heterocycles. The Morgan fingerprint density at radius 2 is 1.97 bits per heavy atom. The highest BCUT2D eigenvalue weighted by molar-refractivity contribution is 6.04. The third-order valence-electron chi connectivity index (χ3n) is 7.69. The molecule has 4 rings (SSSR count). The Hall–Kier alpha value is -2.91. The van der Waals surface area contributed by atoms with Crippen LogP contribution in [0.3, 0.4) is 0 Å². The summed E-state index contributed by atoms with van der Waals surface area (Å²) in [6.45, 7) is 3.49. The highest BCUT2D eigenvalue weighted by Crippen LogP contribution is 2.39. The lowest BCUT2D eigenvalue weighted by molar-refractivity contribution is -0.140. The van der Waals surface area contributed by atoms with Crippen LogP contribution in [0.4, 0.5) is 18.9 Å². The van der Waals surface area contributed by atoms with E-state index >= 15 is 0 Å². The fourth-order valence-electron chi connectivity index (χ4n) is 5.64. The molecule has 0 aromatic heterocycles. The van der Waals surface area contributed by atoms with Crippen LogP contribution in [-0.2, 0) is 15.7 Å². The van der Waals surface area contributed by atoms with Gasteiger partial charge < -0.3 is 20.3 Å². The largest absolute Gasteiger partial charge is 0.416 e. The zero-order valence-corrected chi connectivity index (χ0v) is 21.4. The van der Waals surface area contributed by atoms with E-state index in [2.05, 4.69) is 10.6 Å². The summed E-state index contributed by atoms with van der Waals surface area (Å²) in [6, 6.07) is 10.2. The second-order valence-electron chi connectivity index (χ2n) is 10.1. The zero-order valence-electron chi connectivity index (χ0n) is 21.4. The van der Waals surface area contributed by atoms with E-state index in [9.17, 15) is 22.8 Å². The predicted octanol–water partition coefficient (Wildman–Crippen LogP) is 4.99. The lowest BCUT2D eigenvalue weighted by atomic mass is 9.74. The molecule has 2 saturated heterocycles. The molecule has 0 bridgehead atoms. The summed E-state index contributed by atoms with van der Waals surface area (Å²) >= 11 is 0. The van der Waals surface area contributed by atoms with Crippen LogP contribution in [0.5, 0.6) is 0 Å². The van der Waals surface area contributed by atoms with Crippen LogP contribution in [0, 0.1) is 12.8 Å². The SMILES string of the molecule is COCCCC1CC2C(CN1)CC(c1cc(NC(=O)c3cccc(C(F)(F)F)c3)ccc1C)C(=O)N2C. The second kappa shape index (κ2) is 11.2. The Bertz CT molecular complexity index is 1140. The van der Waals surface area contributed by atoms with E-state index in [1.807, 2.05) is 24.9 Å². The molecule has 2 N–H and O–H groups in total. The van der Waals surface area contributed by atoms with Crippen LogP contribution >= 0.6 is 0 Å². The number of methoxy groups -OCH3 is 1. The molecule has 4 atom stereocenters. The summed E-state index contributed by atoms with van der Waals surface area (Å²) in [6.07, 6.45) is -0.928. The van der Waals surface area contributed by atoms with Gasteiger partial charge >= 0.3 is 6.18 Å². The number of benzene rings is 2. The van der Waals surface area contributed by atoms with Crippen LogP contribution in [0.2, 0.25) is 0 Å². The van der Waals surface area contributed by atoms with Gasteiger partial charge in [-0.2, -0.15) is 13.2 Å². The van der Waals surface area contributed by atoms with Gasteiger partial charge in [0.05, 0.1) is 11.5 Å². The van der Waals surface area contributed by atoms with Crippen LogP contribution in [0.25, 0.3) is 0 Å². The lowest BCUT2D eigenvalue weighted by Gasteiger charge is -2.48. The van der Waals surface area contributed by atoms with Crippen LogP contribution in [-0.4, -0.2) is 56.1 Å². The van der Waals surface area contributed by atoms with Crippen molar-refractivity contribution in [1.29, 1.82) is 0 Å². The fraction of sp³-hybridized carbons (Fsp3) is 0.500. The third kappa shape index (κ3) is 6.15. The first kappa shape index (κ1) is 27.1. The number of carbonyl (C=O) groups is 2. The van der Waals surface area contributed by atoms with Crippen molar-refractivity contribution >= 4 is 17.5 Å². The first-order chi connectivity index (χ1) is 17.6. The van der Waals surface area contributed by atoms with Crippen LogP contribution in [0.15, 0.2) is 42.5 Å². The molecule has 9 heteroatoms. The van der Waals surface area contributed by atoms with E-state index in [4.69, 9.17) is 4.74 Å². The van der Waals surface area contributed by atoms with Crippen molar-refractivity contribution in [1.82, 2.24) is 10.2 Å². The summed E-state index contributed by atoms with van der Waals surface area (Å²) in [7, 11) is 3.57. The maximum Gasteiger partial charge on any atom is 0.416 e. The first-order valence-corrected chi connectivity index (χ1v) is 12.7. The van der Waals surface area contributed by atoms with E-state index in [1.165, 1.54) is 12.1 Å². The topological polar surface area (TPSA) is 70.7 Å².